The molecule has 0 aliphatic carbocycles. The Bertz CT molecular complexity index is 1100. The van der Waals surface area contributed by atoms with E-state index in [2.05, 4.69) is 15.3 Å². The highest BCUT2D eigenvalue weighted by Crippen LogP contribution is 2.20. The first-order valence-electron chi connectivity index (χ1n) is 8.95. The number of aromatic amines is 2. The second kappa shape index (κ2) is 7.25. The molecule has 0 spiro atoms. The lowest BCUT2D eigenvalue weighted by Crippen LogP contribution is -2.42. The van der Waals surface area contributed by atoms with Gasteiger partial charge in [0.25, 0.3) is 0 Å². The fraction of sp³-hybridized carbons (Fsp3) is 0.190. The van der Waals surface area contributed by atoms with Crippen molar-refractivity contribution >= 4 is 27.7 Å². The van der Waals surface area contributed by atoms with Crippen LogP contribution in [0.1, 0.15) is 11.1 Å². The van der Waals surface area contributed by atoms with Crippen LogP contribution in [-0.2, 0) is 17.6 Å². The molecule has 0 aliphatic rings. The Morgan fingerprint density at radius 3 is 2.67 bits per heavy atom. The van der Waals surface area contributed by atoms with Crippen molar-refractivity contribution in [3.8, 4) is 0 Å². The van der Waals surface area contributed by atoms with Crippen LogP contribution in [0.3, 0.4) is 0 Å². The first kappa shape index (κ1) is 17.3. The van der Waals surface area contributed by atoms with Crippen molar-refractivity contribution in [1.29, 1.82) is 0 Å². The van der Waals surface area contributed by atoms with Crippen LogP contribution in [0.5, 0.6) is 0 Å². The molecule has 0 radical (unpaired) electrons. The van der Waals surface area contributed by atoms with Crippen LogP contribution in [0.25, 0.3) is 21.8 Å². The van der Waals surface area contributed by atoms with Crippen molar-refractivity contribution in [1.82, 2.24) is 15.3 Å². The van der Waals surface area contributed by atoms with Crippen LogP contribution in [0, 0.1) is 5.82 Å². The predicted octanol–water partition coefficient (Wildman–Crippen LogP) is 3.02. The van der Waals surface area contributed by atoms with E-state index in [1.807, 2.05) is 36.7 Å². The van der Waals surface area contributed by atoms with Crippen molar-refractivity contribution in [2.24, 2.45) is 5.73 Å². The summed E-state index contributed by atoms with van der Waals surface area (Å²) in [5.41, 5.74) is 9.96. The zero-order valence-corrected chi connectivity index (χ0v) is 14.8. The van der Waals surface area contributed by atoms with E-state index >= 15 is 0 Å². The van der Waals surface area contributed by atoms with Crippen LogP contribution in [-0.4, -0.2) is 28.5 Å². The third kappa shape index (κ3) is 3.57. The number of H-pyrrole nitrogens is 2. The van der Waals surface area contributed by atoms with Gasteiger partial charge in [-0.3, -0.25) is 4.79 Å². The lowest BCUT2D eigenvalue weighted by atomic mass is 10.0. The quantitative estimate of drug-likeness (QED) is 0.424. The van der Waals surface area contributed by atoms with Crippen molar-refractivity contribution in [3.05, 3.63) is 71.8 Å². The van der Waals surface area contributed by atoms with E-state index < -0.39 is 6.04 Å². The highest BCUT2D eigenvalue weighted by atomic mass is 19.1. The summed E-state index contributed by atoms with van der Waals surface area (Å²) in [6, 6.07) is 12.0. The highest BCUT2D eigenvalue weighted by molar-refractivity contribution is 5.86. The number of carbonyl (C=O) groups is 1. The summed E-state index contributed by atoms with van der Waals surface area (Å²) in [7, 11) is 0. The number of nitrogens with two attached hydrogens (primary N) is 1. The van der Waals surface area contributed by atoms with Crippen LogP contribution in [0.4, 0.5) is 4.39 Å². The van der Waals surface area contributed by atoms with Crippen LogP contribution in [0.2, 0.25) is 0 Å². The summed E-state index contributed by atoms with van der Waals surface area (Å²) in [5, 5.41) is 4.95. The summed E-state index contributed by atoms with van der Waals surface area (Å²) in [4.78, 5) is 18.6. The predicted molar refractivity (Wildman–Crippen MR) is 105 cm³/mol. The third-order valence-electron chi connectivity index (χ3n) is 4.87. The van der Waals surface area contributed by atoms with Crippen LogP contribution >= 0.6 is 0 Å². The van der Waals surface area contributed by atoms with E-state index in [4.69, 9.17) is 5.73 Å². The SMILES string of the molecule is NC(Cc1c[nH]c2ccccc12)C(=O)NCCc1c[nH]c2cc(F)ccc12. The summed E-state index contributed by atoms with van der Waals surface area (Å²) in [6.07, 6.45) is 4.88. The van der Waals surface area contributed by atoms with Gasteiger partial charge in [0, 0.05) is 40.7 Å². The minimum atomic E-state index is -0.610. The summed E-state index contributed by atoms with van der Waals surface area (Å²) in [5.74, 6) is -0.446. The number of para-hydroxylation sites is 1. The minimum absolute atomic E-state index is 0.175. The lowest BCUT2D eigenvalue weighted by Gasteiger charge is -2.12. The Kier molecular flexibility index (Phi) is 4.64. The van der Waals surface area contributed by atoms with Gasteiger partial charge < -0.3 is 21.0 Å². The average Bonchev–Trinajstić information content (AvgIpc) is 3.26. The molecule has 5 N–H and O–H groups in total. The largest absolute Gasteiger partial charge is 0.361 e. The third-order valence-corrected chi connectivity index (χ3v) is 4.87. The number of amides is 1. The molecule has 1 atom stereocenters. The van der Waals surface area contributed by atoms with Crippen molar-refractivity contribution in [3.63, 3.8) is 0 Å². The van der Waals surface area contributed by atoms with Gasteiger partial charge in [-0.05, 0) is 48.2 Å². The zero-order chi connectivity index (χ0) is 18.8. The molecule has 2 heterocycles. The molecule has 0 bridgehead atoms. The molecule has 27 heavy (non-hydrogen) atoms. The number of rotatable bonds is 6. The average molecular weight is 364 g/mol. The molecule has 6 heteroatoms. The second-order valence-corrected chi connectivity index (χ2v) is 6.71. The molecule has 1 unspecified atom stereocenters. The first-order valence-corrected chi connectivity index (χ1v) is 8.95. The molecular formula is C21H21FN4O. The smallest absolute Gasteiger partial charge is 0.237 e. The van der Waals surface area contributed by atoms with E-state index in [0.717, 1.165) is 32.9 Å². The molecule has 4 rings (SSSR count). The van der Waals surface area contributed by atoms with Gasteiger partial charge in [-0.25, -0.2) is 4.39 Å². The van der Waals surface area contributed by atoms with Crippen molar-refractivity contribution in [2.75, 3.05) is 6.54 Å². The molecule has 0 aliphatic heterocycles. The van der Waals surface area contributed by atoms with E-state index in [1.54, 1.807) is 6.07 Å². The second-order valence-electron chi connectivity index (χ2n) is 6.71. The summed E-state index contributed by atoms with van der Waals surface area (Å²) in [6.45, 7) is 0.477. The molecule has 1 amide bonds. The molecule has 5 nitrogen and oxygen atoms in total. The number of nitrogens with one attached hydrogen (secondary N) is 3. The summed E-state index contributed by atoms with van der Waals surface area (Å²) >= 11 is 0. The number of aromatic nitrogens is 2. The maximum atomic E-state index is 13.3. The highest BCUT2D eigenvalue weighted by Gasteiger charge is 2.16. The molecule has 2 aromatic heterocycles. The molecule has 0 saturated heterocycles. The molecule has 138 valence electrons. The molecular weight excluding hydrogens is 343 g/mol. The van der Waals surface area contributed by atoms with Crippen LogP contribution in [0.15, 0.2) is 54.9 Å². The minimum Gasteiger partial charge on any atom is -0.361 e. The van der Waals surface area contributed by atoms with Gasteiger partial charge in [0.1, 0.15) is 5.82 Å². The number of benzene rings is 2. The van der Waals surface area contributed by atoms with E-state index in [0.29, 0.717) is 19.4 Å². The topological polar surface area (TPSA) is 86.7 Å². The fourth-order valence-corrected chi connectivity index (χ4v) is 3.45. The van der Waals surface area contributed by atoms with Gasteiger partial charge in [-0.15, -0.1) is 0 Å². The van der Waals surface area contributed by atoms with Gasteiger partial charge in [-0.2, -0.15) is 0 Å². The maximum Gasteiger partial charge on any atom is 0.237 e. The van der Waals surface area contributed by atoms with Gasteiger partial charge in [0.05, 0.1) is 6.04 Å². The fourth-order valence-electron chi connectivity index (χ4n) is 3.45. The summed E-state index contributed by atoms with van der Waals surface area (Å²) < 4.78 is 13.3. The van der Waals surface area contributed by atoms with Gasteiger partial charge >= 0.3 is 0 Å². The Morgan fingerprint density at radius 2 is 1.78 bits per heavy atom. The standard InChI is InChI=1S/C21H21FN4O/c22-15-5-6-17-13(11-26-20(17)10-15)7-8-24-21(27)18(23)9-14-12-25-19-4-2-1-3-16(14)19/h1-6,10-12,18,25-26H,7-9,23H2,(H,24,27). The monoisotopic (exact) mass is 364 g/mol. The Balaban J connectivity index is 1.34. The zero-order valence-electron chi connectivity index (χ0n) is 14.8. The number of hydrogen-bond acceptors (Lipinski definition) is 2. The van der Waals surface area contributed by atoms with E-state index in [-0.39, 0.29) is 11.7 Å². The van der Waals surface area contributed by atoms with E-state index in [1.165, 1.54) is 12.1 Å². The molecule has 0 saturated carbocycles. The molecule has 4 aromatic rings. The molecule has 2 aromatic carbocycles. The van der Waals surface area contributed by atoms with Crippen molar-refractivity contribution in [2.45, 2.75) is 18.9 Å². The Morgan fingerprint density at radius 1 is 1.04 bits per heavy atom. The Labute approximate surface area is 155 Å². The van der Waals surface area contributed by atoms with Crippen LogP contribution < -0.4 is 11.1 Å². The number of halogens is 1. The normalized spacial score (nSPS) is 12.5. The van der Waals surface area contributed by atoms with Crippen molar-refractivity contribution < 1.29 is 9.18 Å². The Hall–Kier alpha value is -3.12. The van der Waals surface area contributed by atoms with Gasteiger partial charge in [0.2, 0.25) is 5.91 Å². The first-order chi connectivity index (χ1) is 13.1. The maximum absolute atomic E-state index is 13.3. The van der Waals surface area contributed by atoms with Gasteiger partial charge in [0.15, 0.2) is 0 Å². The number of hydrogen-bond donors (Lipinski definition) is 4. The molecule has 0 fully saturated rings. The number of fused-ring (bicyclic) bond motifs is 2. The number of carbonyl (C=O) groups excluding carboxylic acids is 1. The van der Waals surface area contributed by atoms with Gasteiger partial charge in [-0.1, -0.05) is 18.2 Å². The lowest BCUT2D eigenvalue weighted by molar-refractivity contribution is -0.122. The van der Waals surface area contributed by atoms with E-state index in [9.17, 15) is 9.18 Å².